The van der Waals surface area contributed by atoms with E-state index in [0.29, 0.717) is 6.42 Å². The molecule has 0 saturated carbocycles. The molecule has 0 spiro atoms. The van der Waals surface area contributed by atoms with Crippen LogP contribution in [0.25, 0.3) is 10.9 Å². The zero-order valence-electron chi connectivity index (χ0n) is 10.2. The van der Waals surface area contributed by atoms with Crippen molar-refractivity contribution in [2.75, 3.05) is 0 Å². The van der Waals surface area contributed by atoms with Crippen molar-refractivity contribution in [3.8, 4) is 0 Å². The Morgan fingerprint density at radius 3 is 2.65 bits per heavy atom. The maximum Gasteiger partial charge on any atom is 0.164 e. The summed E-state index contributed by atoms with van der Waals surface area (Å²) in [6.45, 7) is 1.92. The molecule has 0 unspecified atom stereocenters. The van der Waals surface area contributed by atoms with Gasteiger partial charge in [0, 0.05) is 29.1 Å². The van der Waals surface area contributed by atoms with Gasteiger partial charge in [0.05, 0.1) is 0 Å². The van der Waals surface area contributed by atoms with Crippen molar-refractivity contribution in [2.24, 2.45) is 0 Å². The normalized spacial score (nSPS) is 14.9. The van der Waals surface area contributed by atoms with E-state index in [1.54, 1.807) is 0 Å². The van der Waals surface area contributed by atoms with Crippen molar-refractivity contribution in [3.63, 3.8) is 0 Å². The van der Waals surface area contributed by atoms with Crippen LogP contribution in [0.4, 0.5) is 0 Å². The Morgan fingerprint density at radius 1 is 1.24 bits per heavy atom. The standard InChI is InChI=1S/C15H17NO/c1-2-15(17)13-9-16-14-8-11-6-4-3-5-10(11)7-12(13)14/h7-9,16H,2-6H2,1H3. The Labute approximate surface area is 101 Å². The van der Waals surface area contributed by atoms with Crippen LogP contribution in [-0.2, 0) is 12.8 Å². The molecule has 2 nitrogen and oxygen atoms in total. The van der Waals surface area contributed by atoms with Crippen LogP contribution in [-0.4, -0.2) is 10.8 Å². The van der Waals surface area contributed by atoms with Crippen LogP contribution in [0.2, 0.25) is 0 Å². The SMILES string of the molecule is CCC(=O)c1c[nH]c2cc3c(cc12)CCCC3. The number of carbonyl (C=O) groups excluding carboxylic acids is 1. The summed E-state index contributed by atoms with van der Waals surface area (Å²) in [6, 6.07) is 4.46. The quantitative estimate of drug-likeness (QED) is 0.781. The largest absolute Gasteiger partial charge is 0.360 e. The number of hydrogen-bond donors (Lipinski definition) is 1. The number of nitrogens with one attached hydrogen (secondary N) is 1. The lowest BCUT2D eigenvalue weighted by atomic mass is 9.90. The second kappa shape index (κ2) is 4.02. The van der Waals surface area contributed by atoms with Gasteiger partial charge in [-0.1, -0.05) is 6.92 Å². The molecule has 1 aliphatic carbocycles. The molecule has 0 fully saturated rings. The number of carbonyl (C=O) groups is 1. The minimum Gasteiger partial charge on any atom is -0.360 e. The number of Topliss-reactive ketones (excluding diaryl/α,β-unsaturated/α-hetero) is 1. The minimum absolute atomic E-state index is 0.229. The molecule has 2 aromatic rings. The van der Waals surface area contributed by atoms with Crippen molar-refractivity contribution >= 4 is 16.7 Å². The van der Waals surface area contributed by atoms with Crippen molar-refractivity contribution in [1.82, 2.24) is 4.98 Å². The first-order valence-electron chi connectivity index (χ1n) is 6.45. The molecule has 3 rings (SSSR count). The molecular weight excluding hydrogens is 210 g/mol. The predicted molar refractivity (Wildman–Crippen MR) is 69.6 cm³/mol. The van der Waals surface area contributed by atoms with Gasteiger partial charge in [-0.05, 0) is 48.9 Å². The van der Waals surface area contributed by atoms with Gasteiger partial charge in [0.2, 0.25) is 0 Å². The van der Waals surface area contributed by atoms with Crippen molar-refractivity contribution in [1.29, 1.82) is 0 Å². The van der Waals surface area contributed by atoms with Crippen LogP contribution in [0.3, 0.4) is 0 Å². The van der Waals surface area contributed by atoms with Gasteiger partial charge < -0.3 is 4.98 Å². The van der Waals surface area contributed by atoms with Crippen LogP contribution in [0, 0.1) is 0 Å². The lowest BCUT2D eigenvalue weighted by Gasteiger charge is -2.15. The molecule has 1 N–H and O–H groups in total. The van der Waals surface area contributed by atoms with E-state index in [2.05, 4.69) is 17.1 Å². The Balaban J connectivity index is 2.19. The monoisotopic (exact) mass is 227 g/mol. The molecule has 1 aromatic heterocycles. The topological polar surface area (TPSA) is 32.9 Å². The second-order valence-corrected chi connectivity index (χ2v) is 4.85. The summed E-state index contributed by atoms with van der Waals surface area (Å²) < 4.78 is 0. The lowest BCUT2D eigenvalue weighted by molar-refractivity contribution is 0.0990. The van der Waals surface area contributed by atoms with Crippen molar-refractivity contribution < 1.29 is 4.79 Å². The van der Waals surface area contributed by atoms with Crippen LogP contribution >= 0.6 is 0 Å². The van der Waals surface area contributed by atoms with E-state index in [-0.39, 0.29) is 5.78 Å². The molecule has 17 heavy (non-hydrogen) atoms. The first kappa shape index (κ1) is 10.6. The first-order valence-corrected chi connectivity index (χ1v) is 6.45. The summed E-state index contributed by atoms with van der Waals surface area (Å²) >= 11 is 0. The van der Waals surface area contributed by atoms with Gasteiger partial charge in [-0.25, -0.2) is 0 Å². The highest BCUT2D eigenvalue weighted by Crippen LogP contribution is 2.28. The molecule has 2 heteroatoms. The smallest absolute Gasteiger partial charge is 0.164 e. The lowest BCUT2D eigenvalue weighted by Crippen LogP contribution is -2.02. The van der Waals surface area contributed by atoms with E-state index in [1.807, 2.05) is 13.1 Å². The predicted octanol–water partition coefficient (Wildman–Crippen LogP) is 3.64. The first-order chi connectivity index (χ1) is 8.29. The zero-order chi connectivity index (χ0) is 11.8. The van der Waals surface area contributed by atoms with E-state index in [9.17, 15) is 4.79 Å². The molecule has 0 radical (unpaired) electrons. The number of fused-ring (bicyclic) bond motifs is 2. The van der Waals surface area contributed by atoms with E-state index < -0.39 is 0 Å². The van der Waals surface area contributed by atoms with Crippen LogP contribution in [0.5, 0.6) is 0 Å². The highest BCUT2D eigenvalue weighted by atomic mass is 16.1. The van der Waals surface area contributed by atoms with Crippen LogP contribution in [0.1, 0.15) is 47.7 Å². The van der Waals surface area contributed by atoms with Crippen molar-refractivity contribution in [3.05, 3.63) is 35.0 Å². The molecular formula is C15H17NO. The summed E-state index contributed by atoms with van der Waals surface area (Å²) in [5.74, 6) is 0.229. The van der Waals surface area contributed by atoms with E-state index in [0.717, 1.165) is 22.9 Å². The Bertz CT molecular complexity index is 580. The maximum atomic E-state index is 11.8. The van der Waals surface area contributed by atoms with Gasteiger partial charge in [0.15, 0.2) is 5.78 Å². The fourth-order valence-electron chi connectivity index (χ4n) is 2.78. The maximum absolute atomic E-state index is 11.8. The van der Waals surface area contributed by atoms with Crippen LogP contribution < -0.4 is 0 Å². The third-order valence-corrected chi connectivity index (χ3v) is 3.77. The van der Waals surface area contributed by atoms with Gasteiger partial charge in [-0.15, -0.1) is 0 Å². The fourth-order valence-corrected chi connectivity index (χ4v) is 2.78. The summed E-state index contributed by atoms with van der Waals surface area (Å²) in [4.78, 5) is 15.1. The Hall–Kier alpha value is -1.57. The minimum atomic E-state index is 0.229. The molecule has 0 atom stereocenters. The highest BCUT2D eigenvalue weighted by Gasteiger charge is 2.15. The summed E-state index contributed by atoms with van der Waals surface area (Å²) in [7, 11) is 0. The molecule has 0 bridgehead atoms. The number of hydrogen-bond acceptors (Lipinski definition) is 1. The van der Waals surface area contributed by atoms with Gasteiger partial charge in [-0.2, -0.15) is 0 Å². The van der Waals surface area contributed by atoms with Gasteiger partial charge in [0.25, 0.3) is 0 Å². The zero-order valence-corrected chi connectivity index (χ0v) is 10.2. The van der Waals surface area contributed by atoms with Gasteiger partial charge in [0.1, 0.15) is 0 Å². The molecule has 1 heterocycles. The summed E-state index contributed by atoms with van der Waals surface area (Å²) in [6.07, 6.45) is 7.35. The average Bonchev–Trinajstić information content (AvgIpc) is 2.78. The Kier molecular flexibility index (Phi) is 2.50. The number of aromatic amines is 1. The third kappa shape index (κ3) is 1.68. The van der Waals surface area contributed by atoms with E-state index in [1.165, 1.54) is 30.4 Å². The summed E-state index contributed by atoms with van der Waals surface area (Å²) in [5.41, 5.74) is 4.87. The van der Waals surface area contributed by atoms with Gasteiger partial charge in [-0.3, -0.25) is 4.79 Å². The molecule has 0 amide bonds. The number of benzene rings is 1. The molecule has 0 aliphatic heterocycles. The Morgan fingerprint density at radius 2 is 1.94 bits per heavy atom. The molecule has 1 aliphatic rings. The number of aromatic nitrogens is 1. The third-order valence-electron chi connectivity index (χ3n) is 3.77. The summed E-state index contributed by atoms with van der Waals surface area (Å²) in [5, 5.41) is 1.11. The molecule has 88 valence electrons. The highest BCUT2D eigenvalue weighted by molar-refractivity contribution is 6.08. The molecule has 1 aromatic carbocycles. The van der Waals surface area contributed by atoms with E-state index >= 15 is 0 Å². The number of aryl methyl sites for hydroxylation is 2. The second-order valence-electron chi connectivity index (χ2n) is 4.85. The van der Waals surface area contributed by atoms with Crippen LogP contribution in [0.15, 0.2) is 18.3 Å². The number of rotatable bonds is 2. The van der Waals surface area contributed by atoms with Crippen molar-refractivity contribution in [2.45, 2.75) is 39.0 Å². The van der Waals surface area contributed by atoms with E-state index in [4.69, 9.17) is 0 Å². The van der Waals surface area contributed by atoms with Gasteiger partial charge >= 0.3 is 0 Å². The number of ketones is 1. The average molecular weight is 227 g/mol. The molecule has 0 saturated heterocycles. The number of H-pyrrole nitrogens is 1. The fraction of sp³-hybridized carbons (Fsp3) is 0.400.